The zero-order valence-corrected chi connectivity index (χ0v) is 19.3. The van der Waals surface area contributed by atoms with E-state index in [1.165, 1.54) is 12.1 Å². The van der Waals surface area contributed by atoms with Crippen molar-refractivity contribution in [2.24, 2.45) is 5.92 Å². The molecule has 1 saturated carbocycles. The molecule has 0 radical (unpaired) electrons. The van der Waals surface area contributed by atoms with Gasteiger partial charge < -0.3 is 19.9 Å². The first-order valence-corrected chi connectivity index (χ1v) is 12.9. The van der Waals surface area contributed by atoms with E-state index in [1.807, 2.05) is 0 Å². The van der Waals surface area contributed by atoms with Crippen molar-refractivity contribution in [1.29, 1.82) is 0 Å². The number of rotatable bonds is 8. The standard InChI is InChI=1S/C24H27FN2O6S/c25-15-3-6-18(7-4-15)34(30,31)27-16-5-8-21-19(9-16)20-10-17(32-22(13-28)24(20)33-21)11-23(29)26-12-14-1-2-14/h3-9,14,17,20,22,24,27-28H,1-2,10-13H2,(H,26,29)/t17-,20-,22+,24+/m1/s1. The van der Waals surface area contributed by atoms with Crippen LogP contribution >= 0.6 is 0 Å². The number of fused-ring (bicyclic) bond motifs is 3. The number of ether oxygens (including phenoxy) is 2. The Morgan fingerprint density at radius 2 is 1.91 bits per heavy atom. The molecule has 2 heterocycles. The average Bonchev–Trinajstić information content (AvgIpc) is 3.57. The number of aliphatic hydroxyl groups is 1. The number of aliphatic hydroxyl groups excluding tert-OH is 1. The predicted molar refractivity (Wildman–Crippen MR) is 122 cm³/mol. The minimum absolute atomic E-state index is 0.0489. The number of nitrogens with one attached hydrogen (secondary N) is 2. The Bertz CT molecular complexity index is 1170. The summed E-state index contributed by atoms with van der Waals surface area (Å²) in [6.07, 6.45) is 1.61. The lowest BCUT2D eigenvalue weighted by molar-refractivity contribution is -0.142. The fourth-order valence-corrected chi connectivity index (χ4v) is 5.69. The molecule has 0 spiro atoms. The highest BCUT2D eigenvalue weighted by molar-refractivity contribution is 7.92. The van der Waals surface area contributed by atoms with Gasteiger partial charge >= 0.3 is 0 Å². The molecule has 1 saturated heterocycles. The lowest BCUT2D eigenvalue weighted by Gasteiger charge is -2.37. The average molecular weight is 491 g/mol. The van der Waals surface area contributed by atoms with Gasteiger partial charge in [-0.3, -0.25) is 9.52 Å². The van der Waals surface area contributed by atoms with Crippen molar-refractivity contribution >= 4 is 21.6 Å². The first-order chi connectivity index (χ1) is 16.3. The van der Waals surface area contributed by atoms with Crippen molar-refractivity contribution in [1.82, 2.24) is 5.32 Å². The van der Waals surface area contributed by atoms with Gasteiger partial charge in [-0.05, 0) is 67.6 Å². The largest absolute Gasteiger partial charge is 0.487 e. The molecule has 5 rings (SSSR count). The maximum atomic E-state index is 13.2. The second kappa shape index (κ2) is 9.16. The number of carbonyl (C=O) groups excluding carboxylic acids is 1. The Labute approximate surface area is 197 Å². The molecule has 2 aromatic rings. The SMILES string of the molecule is O=C(C[C@H]1C[C@@H]2c3cc(NS(=O)(=O)c4ccc(F)cc4)ccc3O[C@@H]2[C@H](CO)O1)NCC1CC1. The zero-order valence-electron chi connectivity index (χ0n) is 18.4. The molecule has 3 aliphatic rings. The van der Waals surface area contributed by atoms with Crippen LogP contribution in [0.4, 0.5) is 10.1 Å². The van der Waals surface area contributed by atoms with Crippen LogP contribution in [-0.4, -0.2) is 50.9 Å². The number of hydrogen-bond donors (Lipinski definition) is 3. The van der Waals surface area contributed by atoms with Crippen LogP contribution in [0, 0.1) is 11.7 Å². The Morgan fingerprint density at radius 1 is 1.15 bits per heavy atom. The van der Waals surface area contributed by atoms with Gasteiger partial charge in [-0.25, -0.2) is 12.8 Å². The molecule has 10 heteroatoms. The summed E-state index contributed by atoms with van der Waals surface area (Å²) in [5.74, 6) is 0.427. The first kappa shape index (κ1) is 23.1. The molecule has 2 aliphatic heterocycles. The van der Waals surface area contributed by atoms with Crippen molar-refractivity contribution in [2.45, 2.75) is 54.8 Å². The molecule has 1 amide bonds. The van der Waals surface area contributed by atoms with Gasteiger partial charge in [0.25, 0.3) is 10.0 Å². The van der Waals surface area contributed by atoms with Crippen LogP contribution in [0.2, 0.25) is 0 Å². The van der Waals surface area contributed by atoms with E-state index in [0.29, 0.717) is 30.3 Å². The number of benzene rings is 2. The zero-order chi connectivity index (χ0) is 23.9. The summed E-state index contributed by atoms with van der Waals surface area (Å²) < 4.78 is 53.2. The normalized spacial score (nSPS) is 25.7. The van der Waals surface area contributed by atoms with Gasteiger partial charge in [0.1, 0.15) is 23.8 Å². The first-order valence-electron chi connectivity index (χ1n) is 11.4. The Balaban J connectivity index is 1.32. The molecule has 0 aromatic heterocycles. The molecule has 1 aliphatic carbocycles. The number of halogens is 1. The minimum Gasteiger partial charge on any atom is -0.487 e. The smallest absolute Gasteiger partial charge is 0.261 e. The third-order valence-electron chi connectivity index (χ3n) is 6.57. The molecule has 0 unspecified atom stereocenters. The van der Waals surface area contributed by atoms with E-state index in [4.69, 9.17) is 9.47 Å². The number of carbonyl (C=O) groups is 1. The van der Waals surface area contributed by atoms with Crippen LogP contribution < -0.4 is 14.8 Å². The quantitative estimate of drug-likeness (QED) is 0.524. The summed E-state index contributed by atoms with van der Waals surface area (Å²) >= 11 is 0. The maximum Gasteiger partial charge on any atom is 0.261 e. The monoisotopic (exact) mass is 490 g/mol. The van der Waals surface area contributed by atoms with Crippen LogP contribution in [0.25, 0.3) is 0 Å². The van der Waals surface area contributed by atoms with E-state index < -0.39 is 28.0 Å². The van der Waals surface area contributed by atoms with Crippen LogP contribution in [0.3, 0.4) is 0 Å². The van der Waals surface area contributed by atoms with Crippen LogP contribution in [0.5, 0.6) is 5.75 Å². The highest BCUT2D eigenvalue weighted by Crippen LogP contribution is 2.47. The molecule has 2 fully saturated rings. The van der Waals surface area contributed by atoms with Crippen molar-refractivity contribution in [3.05, 3.63) is 53.8 Å². The molecule has 34 heavy (non-hydrogen) atoms. The maximum absolute atomic E-state index is 13.2. The van der Waals surface area contributed by atoms with E-state index in [9.17, 15) is 22.7 Å². The fraction of sp³-hybridized carbons (Fsp3) is 0.458. The Kier molecular flexibility index (Phi) is 6.22. The second-order valence-electron chi connectivity index (χ2n) is 9.17. The summed E-state index contributed by atoms with van der Waals surface area (Å²) in [6.45, 7) is 0.434. The van der Waals surface area contributed by atoms with Crippen molar-refractivity contribution in [3.63, 3.8) is 0 Å². The van der Waals surface area contributed by atoms with Crippen LogP contribution in [0.1, 0.15) is 37.2 Å². The van der Waals surface area contributed by atoms with Crippen LogP contribution in [0.15, 0.2) is 47.4 Å². The summed E-state index contributed by atoms with van der Waals surface area (Å²) in [6, 6.07) is 9.57. The van der Waals surface area contributed by atoms with E-state index in [0.717, 1.165) is 30.5 Å². The Morgan fingerprint density at radius 3 is 2.62 bits per heavy atom. The van der Waals surface area contributed by atoms with Crippen molar-refractivity contribution in [3.8, 4) is 5.75 Å². The van der Waals surface area contributed by atoms with E-state index in [2.05, 4.69) is 10.0 Å². The highest BCUT2D eigenvalue weighted by atomic mass is 32.2. The van der Waals surface area contributed by atoms with Gasteiger partial charge in [0.15, 0.2) is 0 Å². The summed E-state index contributed by atoms with van der Waals surface area (Å²) in [5.41, 5.74) is 1.15. The Hall–Kier alpha value is -2.69. The van der Waals surface area contributed by atoms with Crippen molar-refractivity contribution in [2.75, 3.05) is 17.9 Å². The molecular weight excluding hydrogens is 463 g/mol. The molecule has 182 valence electrons. The van der Waals surface area contributed by atoms with Gasteiger partial charge in [-0.15, -0.1) is 0 Å². The molecule has 2 aromatic carbocycles. The summed E-state index contributed by atoms with van der Waals surface area (Å²) in [4.78, 5) is 12.3. The lowest BCUT2D eigenvalue weighted by Crippen LogP contribution is -2.47. The van der Waals surface area contributed by atoms with E-state index in [-0.39, 0.29) is 35.9 Å². The summed E-state index contributed by atoms with van der Waals surface area (Å²) in [5, 5.41) is 12.8. The number of sulfonamides is 1. The third-order valence-corrected chi connectivity index (χ3v) is 7.97. The van der Waals surface area contributed by atoms with Gasteiger partial charge in [-0.2, -0.15) is 0 Å². The molecule has 8 nitrogen and oxygen atoms in total. The van der Waals surface area contributed by atoms with Crippen molar-refractivity contribution < 1.29 is 32.2 Å². The topological polar surface area (TPSA) is 114 Å². The molecule has 4 atom stereocenters. The third kappa shape index (κ3) is 4.89. The number of hydrogen-bond acceptors (Lipinski definition) is 6. The lowest BCUT2D eigenvalue weighted by atomic mass is 9.84. The highest BCUT2D eigenvalue weighted by Gasteiger charge is 2.46. The van der Waals surface area contributed by atoms with E-state index in [1.54, 1.807) is 18.2 Å². The van der Waals surface area contributed by atoms with Gasteiger partial charge in [-0.1, -0.05) is 0 Å². The second-order valence-corrected chi connectivity index (χ2v) is 10.8. The molecular formula is C24H27FN2O6S. The number of anilines is 1. The van der Waals surface area contributed by atoms with Gasteiger partial charge in [0.05, 0.1) is 24.0 Å². The van der Waals surface area contributed by atoms with Gasteiger partial charge in [0, 0.05) is 23.7 Å². The van der Waals surface area contributed by atoms with E-state index >= 15 is 0 Å². The summed E-state index contributed by atoms with van der Waals surface area (Å²) in [7, 11) is -3.90. The predicted octanol–water partition coefficient (Wildman–Crippen LogP) is 2.54. The van der Waals surface area contributed by atoms with Gasteiger partial charge in [0.2, 0.25) is 5.91 Å². The fourth-order valence-electron chi connectivity index (χ4n) is 4.64. The van der Waals surface area contributed by atoms with Crippen LogP contribution in [-0.2, 0) is 19.6 Å². The molecule has 0 bridgehead atoms. The number of amides is 1. The molecule has 3 N–H and O–H groups in total. The minimum atomic E-state index is -3.90.